The predicted molar refractivity (Wildman–Crippen MR) is 53.1 cm³/mol. The van der Waals surface area contributed by atoms with Crippen molar-refractivity contribution in [2.24, 2.45) is 0 Å². The van der Waals surface area contributed by atoms with Crippen molar-refractivity contribution in [3.63, 3.8) is 0 Å². The summed E-state index contributed by atoms with van der Waals surface area (Å²) in [6.45, 7) is 5.77. The summed E-state index contributed by atoms with van der Waals surface area (Å²) in [5, 5.41) is 9.34. The fraction of sp³-hybridized carbons (Fsp3) is 0.778. The first-order valence-electron chi connectivity index (χ1n) is 4.18. The highest BCUT2D eigenvalue weighted by molar-refractivity contribution is 7.99. The SMILES string of the molecule is C=CCCC(O)CSCCC. The van der Waals surface area contributed by atoms with Gasteiger partial charge in [0.2, 0.25) is 0 Å². The van der Waals surface area contributed by atoms with Gasteiger partial charge in [-0.1, -0.05) is 13.0 Å². The minimum atomic E-state index is -0.135. The number of rotatable bonds is 7. The van der Waals surface area contributed by atoms with Crippen LogP contribution in [-0.4, -0.2) is 22.7 Å². The number of allylic oxidation sites excluding steroid dienone is 1. The summed E-state index contributed by atoms with van der Waals surface area (Å²) in [4.78, 5) is 0. The fourth-order valence-corrected chi connectivity index (χ4v) is 1.65. The Morgan fingerprint density at radius 3 is 2.91 bits per heavy atom. The van der Waals surface area contributed by atoms with E-state index in [1.165, 1.54) is 6.42 Å². The molecule has 1 nitrogen and oxygen atoms in total. The van der Waals surface area contributed by atoms with Crippen LogP contribution >= 0.6 is 11.8 Å². The number of hydrogen-bond acceptors (Lipinski definition) is 2. The lowest BCUT2D eigenvalue weighted by Crippen LogP contribution is -2.09. The van der Waals surface area contributed by atoms with Crippen LogP contribution in [0.15, 0.2) is 12.7 Å². The summed E-state index contributed by atoms with van der Waals surface area (Å²) < 4.78 is 0. The Balaban J connectivity index is 3.08. The van der Waals surface area contributed by atoms with Gasteiger partial charge in [0.05, 0.1) is 6.10 Å². The molecule has 11 heavy (non-hydrogen) atoms. The molecule has 0 aliphatic carbocycles. The van der Waals surface area contributed by atoms with Crippen LogP contribution in [0.1, 0.15) is 26.2 Å². The monoisotopic (exact) mass is 174 g/mol. The lowest BCUT2D eigenvalue weighted by atomic mass is 10.2. The molecule has 0 rings (SSSR count). The third-order valence-electron chi connectivity index (χ3n) is 1.36. The second-order valence-corrected chi connectivity index (χ2v) is 3.74. The molecule has 0 radical (unpaired) electrons. The standard InChI is InChI=1S/C9H18OS/c1-3-5-6-9(10)8-11-7-4-2/h3,9-10H,1,4-8H2,2H3. The Morgan fingerprint density at radius 2 is 2.36 bits per heavy atom. The highest BCUT2D eigenvalue weighted by Crippen LogP contribution is 2.08. The smallest absolute Gasteiger partial charge is 0.0633 e. The zero-order chi connectivity index (χ0) is 8.53. The Hall–Kier alpha value is 0.0500. The highest BCUT2D eigenvalue weighted by Gasteiger charge is 2.01. The van der Waals surface area contributed by atoms with E-state index in [-0.39, 0.29) is 6.10 Å². The Morgan fingerprint density at radius 1 is 1.64 bits per heavy atom. The van der Waals surface area contributed by atoms with E-state index in [0.717, 1.165) is 24.3 Å². The van der Waals surface area contributed by atoms with Gasteiger partial charge in [0.1, 0.15) is 0 Å². The van der Waals surface area contributed by atoms with Crippen molar-refractivity contribution in [3.05, 3.63) is 12.7 Å². The molecule has 2 heteroatoms. The minimum absolute atomic E-state index is 0.135. The van der Waals surface area contributed by atoms with Crippen LogP contribution in [0.3, 0.4) is 0 Å². The predicted octanol–water partition coefficient (Wildman–Crippen LogP) is 2.46. The van der Waals surface area contributed by atoms with Gasteiger partial charge in [0.25, 0.3) is 0 Å². The molecular weight excluding hydrogens is 156 g/mol. The summed E-state index contributed by atoms with van der Waals surface area (Å²) in [6.07, 6.45) is 4.70. The van der Waals surface area contributed by atoms with Gasteiger partial charge in [0.15, 0.2) is 0 Å². The van der Waals surface area contributed by atoms with Crippen molar-refractivity contribution >= 4 is 11.8 Å². The van der Waals surface area contributed by atoms with Gasteiger partial charge < -0.3 is 5.11 Å². The number of aliphatic hydroxyl groups is 1. The molecule has 1 atom stereocenters. The van der Waals surface area contributed by atoms with Crippen molar-refractivity contribution < 1.29 is 5.11 Å². The molecule has 0 aromatic carbocycles. The molecule has 0 aliphatic heterocycles. The summed E-state index contributed by atoms with van der Waals surface area (Å²) >= 11 is 1.83. The number of hydrogen-bond donors (Lipinski definition) is 1. The zero-order valence-corrected chi connectivity index (χ0v) is 8.07. The average Bonchev–Trinajstić information content (AvgIpc) is 2.01. The largest absolute Gasteiger partial charge is 0.392 e. The van der Waals surface area contributed by atoms with E-state index in [9.17, 15) is 5.11 Å². The van der Waals surface area contributed by atoms with E-state index in [1.807, 2.05) is 17.8 Å². The third kappa shape index (κ3) is 7.95. The van der Waals surface area contributed by atoms with Crippen LogP contribution in [0.5, 0.6) is 0 Å². The van der Waals surface area contributed by atoms with Gasteiger partial charge in [0, 0.05) is 5.75 Å². The van der Waals surface area contributed by atoms with Crippen molar-refractivity contribution in [1.29, 1.82) is 0 Å². The Kier molecular flexibility index (Phi) is 8.19. The normalized spacial score (nSPS) is 12.9. The first-order valence-corrected chi connectivity index (χ1v) is 5.33. The maximum Gasteiger partial charge on any atom is 0.0633 e. The third-order valence-corrected chi connectivity index (χ3v) is 2.68. The first kappa shape index (κ1) is 11.1. The molecule has 0 spiro atoms. The number of aliphatic hydroxyl groups excluding tert-OH is 1. The van der Waals surface area contributed by atoms with Crippen LogP contribution in [-0.2, 0) is 0 Å². The van der Waals surface area contributed by atoms with Crippen LogP contribution in [0.25, 0.3) is 0 Å². The first-order chi connectivity index (χ1) is 5.31. The quantitative estimate of drug-likeness (QED) is 0.472. The van der Waals surface area contributed by atoms with Crippen LogP contribution in [0.4, 0.5) is 0 Å². The Labute approximate surface area is 73.9 Å². The topological polar surface area (TPSA) is 20.2 Å². The van der Waals surface area contributed by atoms with E-state index < -0.39 is 0 Å². The van der Waals surface area contributed by atoms with E-state index in [0.29, 0.717) is 0 Å². The molecule has 1 N–H and O–H groups in total. The highest BCUT2D eigenvalue weighted by atomic mass is 32.2. The van der Waals surface area contributed by atoms with Crippen LogP contribution in [0.2, 0.25) is 0 Å². The van der Waals surface area contributed by atoms with Gasteiger partial charge in [-0.25, -0.2) is 0 Å². The second kappa shape index (κ2) is 8.15. The van der Waals surface area contributed by atoms with E-state index in [1.54, 1.807) is 0 Å². The maximum absolute atomic E-state index is 9.34. The molecule has 0 aliphatic rings. The van der Waals surface area contributed by atoms with Gasteiger partial charge in [-0.05, 0) is 25.0 Å². The lowest BCUT2D eigenvalue weighted by molar-refractivity contribution is 0.190. The lowest BCUT2D eigenvalue weighted by Gasteiger charge is -2.07. The van der Waals surface area contributed by atoms with E-state index in [2.05, 4.69) is 13.5 Å². The van der Waals surface area contributed by atoms with Crippen LogP contribution < -0.4 is 0 Å². The van der Waals surface area contributed by atoms with Crippen molar-refractivity contribution in [2.75, 3.05) is 11.5 Å². The molecule has 0 saturated carbocycles. The van der Waals surface area contributed by atoms with Gasteiger partial charge in [-0.15, -0.1) is 6.58 Å². The summed E-state index contributed by atoms with van der Waals surface area (Å²) in [5.74, 6) is 2.03. The molecule has 0 aromatic heterocycles. The summed E-state index contributed by atoms with van der Waals surface area (Å²) in [7, 11) is 0. The molecule has 0 fully saturated rings. The summed E-state index contributed by atoms with van der Waals surface area (Å²) in [6, 6.07) is 0. The second-order valence-electron chi connectivity index (χ2n) is 2.59. The van der Waals surface area contributed by atoms with Crippen LogP contribution in [0, 0.1) is 0 Å². The molecule has 0 aromatic rings. The molecule has 0 heterocycles. The molecule has 0 saturated heterocycles. The summed E-state index contributed by atoms with van der Waals surface area (Å²) in [5.41, 5.74) is 0. The minimum Gasteiger partial charge on any atom is -0.392 e. The van der Waals surface area contributed by atoms with Gasteiger partial charge in [-0.3, -0.25) is 0 Å². The van der Waals surface area contributed by atoms with E-state index >= 15 is 0 Å². The zero-order valence-electron chi connectivity index (χ0n) is 7.25. The van der Waals surface area contributed by atoms with Gasteiger partial charge in [-0.2, -0.15) is 11.8 Å². The number of thioether (sulfide) groups is 1. The fourth-order valence-electron chi connectivity index (χ4n) is 0.757. The van der Waals surface area contributed by atoms with Crippen molar-refractivity contribution in [2.45, 2.75) is 32.3 Å². The Bertz CT molecular complexity index is 93.6. The van der Waals surface area contributed by atoms with Crippen molar-refractivity contribution in [3.8, 4) is 0 Å². The van der Waals surface area contributed by atoms with E-state index in [4.69, 9.17) is 0 Å². The molecule has 1 unspecified atom stereocenters. The molecular formula is C9H18OS. The average molecular weight is 174 g/mol. The van der Waals surface area contributed by atoms with Gasteiger partial charge >= 0.3 is 0 Å². The molecule has 0 amide bonds. The van der Waals surface area contributed by atoms with Crippen molar-refractivity contribution in [1.82, 2.24) is 0 Å². The maximum atomic E-state index is 9.34. The molecule has 0 bridgehead atoms. The molecule has 66 valence electrons.